The van der Waals surface area contributed by atoms with Crippen molar-refractivity contribution in [2.75, 3.05) is 11.9 Å². The van der Waals surface area contributed by atoms with Crippen molar-refractivity contribution < 1.29 is 22.7 Å². The number of aromatic nitrogens is 2. The number of ether oxygens (including phenoxy) is 1. The third-order valence-corrected chi connectivity index (χ3v) is 4.31. The lowest BCUT2D eigenvalue weighted by atomic mass is 9.80. The normalized spacial score (nSPS) is 19.7. The largest absolute Gasteiger partial charge is 0.456 e. The quantitative estimate of drug-likeness (QED) is 0.786. The van der Waals surface area contributed by atoms with Gasteiger partial charge in [-0.2, -0.15) is 18.3 Å². The number of carbonyl (C=O) groups is 1. The van der Waals surface area contributed by atoms with Crippen LogP contribution >= 0.6 is 0 Å². The van der Waals surface area contributed by atoms with Crippen LogP contribution in [0.1, 0.15) is 28.3 Å². The summed E-state index contributed by atoms with van der Waals surface area (Å²) in [5, 5.41) is 9.84. The van der Waals surface area contributed by atoms with Gasteiger partial charge in [-0.15, -0.1) is 0 Å². The zero-order chi connectivity index (χ0) is 17.1. The molecule has 0 bridgehead atoms. The van der Waals surface area contributed by atoms with Crippen LogP contribution in [0.15, 0.2) is 35.5 Å². The first-order valence-electron chi connectivity index (χ1n) is 7.26. The minimum absolute atomic E-state index is 0.00417. The molecule has 0 aliphatic carbocycles. The molecular formula is C16H12F3N3O2. The number of cyclic esters (lactones) is 1. The van der Waals surface area contributed by atoms with Crippen molar-refractivity contribution in [3.63, 3.8) is 0 Å². The minimum Gasteiger partial charge on any atom is -0.456 e. The zero-order valence-electron chi connectivity index (χ0n) is 12.5. The third kappa shape index (κ3) is 2.02. The van der Waals surface area contributed by atoms with Crippen LogP contribution in [-0.4, -0.2) is 22.8 Å². The highest BCUT2D eigenvalue weighted by molar-refractivity contribution is 5.97. The first-order valence-corrected chi connectivity index (χ1v) is 7.26. The maximum absolute atomic E-state index is 13.5. The summed E-state index contributed by atoms with van der Waals surface area (Å²) in [7, 11) is 0. The average Bonchev–Trinajstić information content (AvgIpc) is 3.09. The van der Waals surface area contributed by atoms with E-state index in [2.05, 4.69) is 15.5 Å². The number of nitrogens with one attached hydrogen (secondary N) is 2. The second kappa shape index (κ2) is 4.86. The van der Waals surface area contributed by atoms with Gasteiger partial charge in [-0.25, -0.2) is 4.79 Å². The number of hydrogen-bond acceptors (Lipinski definition) is 4. The second-order valence-corrected chi connectivity index (χ2v) is 5.72. The van der Waals surface area contributed by atoms with Gasteiger partial charge in [0.15, 0.2) is 5.82 Å². The number of hydrogen-bond donors (Lipinski definition) is 2. The Balaban J connectivity index is 2.00. The van der Waals surface area contributed by atoms with Gasteiger partial charge in [0, 0.05) is 17.2 Å². The molecule has 24 heavy (non-hydrogen) atoms. The Morgan fingerprint density at radius 1 is 1.29 bits per heavy atom. The summed E-state index contributed by atoms with van der Waals surface area (Å²) in [5.41, 5.74) is 1.05. The van der Waals surface area contributed by atoms with E-state index in [1.165, 1.54) is 18.2 Å². The molecule has 1 aromatic heterocycles. The lowest BCUT2D eigenvalue weighted by Gasteiger charge is -2.26. The number of anilines is 1. The summed E-state index contributed by atoms with van der Waals surface area (Å²) < 4.78 is 45.4. The lowest BCUT2D eigenvalue weighted by Crippen LogP contribution is -2.22. The summed E-state index contributed by atoms with van der Waals surface area (Å²) in [6, 6.07) is 5.28. The molecule has 0 spiro atoms. The number of fused-ring (bicyclic) bond motifs is 1. The highest BCUT2D eigenvalue weighted by Gasteiger charge is 2.44. The van der Waals surface area contributed by atoms with Crippen LogP contribution in [0, 0.1) is 6.92 Å². The first-order chi connectivity index (χ1) is 11.4. The predicted octanol–water partition coefficient (Wildman–Crippen LogP) is 3.11. The molecule has 0 fully saturated rings. The summed E-state index contributed by atoms with van der Waals surface area (Å²) in [6.45, 7) is 1.72. The van der Waals surface area contributed by atoms with Gasteiger partial charge in [-0.05, 0) is 18.6 Å². The Labute approximate surface area is 134 Å². The van der Waals surface area contributed by atoms with Crippen molar-refractivity contribution in [1.29, 1.82) is 0 Å². The van der Waals surface area contributed by atoms with Crippen molar-refractivity contribution in [1.82, 2.24) is 10.2 Å². The number of aryl methyl sites for hydroxylation is 1. The van der Waals surface area contributed by atoms with E-state index in [1.54, 1.807) is 6.92 Å². The molecule has 2 N–H and O–H groups in total. The lowest BCUT2D eigenvalue weighted by molar-refractivity contribution is -0.139. The summed E-state index contributed by atoms with van der Waals surface area (Å²) >= 11 is 0. The smallest absolute Gasteiger partial charge is 0.416 e. The predicted molar refractivity (Wildman–Crippen MR) is 78.2 cm³/mol. The number of benzene rings is 1. The number of nitrogens with zero attached hydrogens (tertiary/aromatic N) is 1. The monoisotopic (exact) mass is 335 g/mol. The Morgan fingerprint density at radius 3 is 2.79 bits per heavy atom. The van der Waals surface area contributed by atoms with Gasteiger partial charge in [0.25, 0.3) is 0 Å². The highest BCUT2D eigenvalue weighted by Crippen LogP contribution is 2.47. The molecule has 4 rings (SSSR count). The molecule has 0 radical (unpaired) electrons. The number of aromatic amines is 1. The fraction of sp³-hybridized carbons (Fsp3) is 0.250. The van der Waals surface area contributed by atoms with Crippen LogP contribution in [0.5, 0.6) is 0 Å². The van der Waals surface area contributed by atoms with E-state index < -0.39 is 23.6 Å². The second-order valence-electron chi connectivity index (χ2n) is 5.72. The molecule has 0 saturated carbocycles. The van der Waals surface area contributed by atoms with E-state index in [9.17, 15) is 18.0 Å². The molecule has 1 atom stereocenters. The van der Waals surface area contributed by atoms with Gasteiger partial charge in [-0.3, -0.25) is 5.10 Å². The number of alkyl halides is 3. The first kappa shape index (κ1) is 14.8. The number of rotatable bonds is 1. The molecular weight excluding hydrogens is 323 g/mol. The van der Waals surface area contributed by atoms with Crippen LogP contribution < -0.4 is 5.32 Å². The van der Waals surface area contributed by atoms with Crippen LogP contribution in [0.25, 0.3) is 0 Å². The van der Waals surface area contributed by atoms with Gasteiger partial charge in [-0.1, -0.05) is 18.2 Å². The molecule has 5 nitrogen and oxygen atoms in total. The van der Waals surface area contributed by atoms with Gasteiger partial charge in [0.2, 0.25) is 0 Å². The maximum Gasteiger partial charge on any atom is 0.416 e. The Hall–Kier alpha value is -2.77. The number of esters is 1. The van der Waals surface area contributed by atoms with Gasteiger partial charge in [0.05, 0.1) is 16.8 Å². The average molecular weight is 335 g/mol. The molecule has 2 aliphatic heterocycles. The van der Waals surface area contributed by atoms with Crippen LogP contribution in [0.3, 0.4) is 0 Å². The maximum atomic E-state index is 13.5. The molecule has 0 unspecified atom stereocenters. The fourth-order valence-corrected chi connectivity index (χ4v) is 3.30. The van der Waals surface area contributed by atoms with Crippen molar-refractivity contribution in [2.45, 2.75) is 19.0 Å². The Kier molecular flexibility index (Phi) is 3.00. The van der Waals surface area contributed by atoms with Crippen LogP contribution in [0.2, 0.25) is 0 Å². The van der Waals surface area contributed by atoms with E-state index in [1.807, 2.05) is 0 Å². The molecule has 8 heteroatoms. The molecule has 0 amide bonds. The summed E-state index contributed by atoms with van der Waals surface area (Å²) in [4.78, 5) is 12.2. The van der Waals surface area contributed by atoms with E-state index in [0.29, 0.717) is 22.8 Å². The molecule has 2 aromatic rings. The summed E-state index contributed by atoms with van der Waals surface area (Å²) in [5.74, 6) is -1.06. The topological polar surface area (TPSA) is 67.0 Å². The van der Waals surface area contributed by atoms with Crippen molar-refractivity contribution in [3.05, 3.63) is 57.9 Å². The van der Waals surface area contributed by atoms with E-state index in [4.69, 9.17) is 4.74 Å². The number of H-pyrrole nitrogens is 1. The van der Waals surface area contributed by atoms with Crippen molar-refractivity contribution >= 4 is 11.8 Å². The van der Waals surface area contributed by atoms with E-state index >= 15 is 0 Å². The fourth-order valence-electron chi connectivity index (χ4n) is 3.30. The minimum atomic E-state index is -4.53. The highest BCUT2D eigenvalue weighted by atomic mass is 19.4. The molecule has 0 saturated heterocycles. The van der Waals surface area contributed by atoms with Gasteiger partial charge in [0.1, 0.15) is 6.61 Å². The third-order valence-electron chi connectivity index (χ3n) is 4.31. The van der Waals surface area contributed by atoms with Gasteiger partial charge >= 0.3 is 12.1 Å². The number of halogens is 3. The molecule has 3 heterocycles. The van der Waals surface area contributed by atoms with Crippen molar-refractivity contribution in [3.8, 4) is 0 Å². The van der Waals surface area contributed by atoms with E-state index in [0.717, 1.165) is 6.07 Å². The molecule has 124 valence electrons. The van der Waals surface area contributed by atoms with E-state index in [-0.39, 0.29) is 17.7 Å². The van der Waals surface area contributed by atoms with Gasteiger partial charge < -0.3 is 10.1 Å². The number of carbonyl (C=O) groups excluding carboxylic acids is 1. The summed E-state index contributed by atoms with van der Waals surface area (Å²) in [6.07, 6.45) is -4.53. The molecule has 2 aliphatic rings. The zero-order valence-corrected chi connectivity index (χ0v) is 12.5. The van der Waals surface area contributed by atoms with Crippen molar-refractivity contribution in [2.24, 2.45) is 0 Å². The Morgan fingerprint density at radius 2 is 2.04 bits per heavy atom. The van der Waals surface area contributed by atoms with Crippen LogP contribution in [-0.2, 0) is 15.7 Å². The Bertz CT molecular complexity index is 883. The molecule has 1 aromatic carbocycles. The van der Waals surface area contributed by atoms with Crippen LogP contribution in [0.4, 0.5) is 19.0 Å². The SMILES string of the molecule is Cc1[nH]nc2c1[C@H](c1ccccc1C(F)(F)F)C1=C(COC1=O)N2. The standard InChI is InChI=1S/C16H12F3N3O2/c1-7-11-12(8-4-2-3-5-9(8)16(17,18)19)13-10(6-24-15(13)23)20-14(11)22-21-7/h2-5,12H,6H2,1H3,(H2,20,21,22)/t12-/m0/s1.